The molecule has 0 aliphatic rings. The first-order chi connectivity index (χ1) is 9.15. The van der Waals surface area contributed by atoms with E-state index in [1.165, 1.54) is 5.56 Å². The Labute approximate surface area is 120 Å². The quantitative estimate of drug-likeness (QED) is 0.746. The Morgan fingerprint density at radius 3 is 2.53 bits per heavy atom. The fourth-order valence-corrected chi connectivity index (χ4v) is 1.98. The van der Waals surface area contributed by atoms with Crippen LogP contribution in [0.2, 0.25) is 0 Å². The SMILES string of the molecule is COCC(C)NC(=S)NCCc1ccc(OC)cc1. The van der Waals surface area contributed by atoms with Crippen LogP contribution in [0.4, 0.5) is 0 Å². The molecular weight excluding hydrogens is 260 g/mol. The van der Waals surface area contributed by atoms with Crippen LogP contribution in [0.3, 0.4) is 0 Å². The molecule has 0 saturated heterocycles. The van der Waals surface area contributed by atoms with Gasteiger partial charge in [-0.3, -0.25) is 0 Å². The molecule has 4 nitrogen and oxygen atoms in total. The fraction of sp³-hybridized carbons (Fsp3) is 0.500. The number of hydrogen-bond donors (Lipinski definition) is 2. The van der Waals surface area contributed by atoms with Gasteiger partial charge in [0.2, 0.25) is 0 Å². The highest BCUT2D eigenvalue weighted by Crippen LogP contribution is 2.11. The summed E-state index contributed by atoms with van der Waals surface area (Å²) in [6.07, 6.45) is 0.921. The monoisotopic (exact) mass is 282 g/mol. The first kappa shape index (κ1) is 15.7. The van der Waals surface area contributed by atoms with Gasteiger partial charge in [-0.1, -0.05) is 12.1 Å². The lowest BCUT2D eigenvalue weighted by atomic mass is 10.1. The zero-order chi connectivity index (χ0) is 14.1. The second-order valence-electron chi connectivity index (χ2n) is 4.35. The molecule has 0 aliphatic heterocycles. The lowest BCUT2D eigenvalue weighted by Gasteiger charge is -2.16. The Morgan fingerprint density at radius 1 is 1.26 bits per heavy atom. The number of hydrogen-bond acceptors (Lipinski definition) is 3. The van der Waals surface area contributed by atoms with E-state index in [2.05, 4.69) is 22.8 Å². The lowest BCUT2D eigenvalue weighted by molar-refractivity contribution is 0.179. The van der Waals surface area contributed by atoms with Crippen molar-refractivity contribution < 1.29 is 9.47 Å². The summed E-state index contributed by atoms with van der Waals surface area (Å²) in [5.41, 5.74) is 1.25. The Bertz CT molecular complexity index is 382. The van der Waals surface area contributed by atoms with Crippen LogP contribution in [-0.4, -0.2) is 38.5 Å². The second kappa shape index (κ2) is 8.72. The molecule has 1 aromatic rings. The molecule has 5 heteroatoms. The van der Waals surface area contributed by atoms with Gasteiger partial charge in [0.1, 0.15) is 5.75 Å². The first-order valence-electron chi connectivity index (χ1n) is 6.32. The average molecular weight is 282 g/mol. The van der Waals surface area contributed by atoms with Gasteiger partial charge >= 0.3 is 0 Å². The molecule has 106 valence electrons. The minimum absolute atomic E-state index is 0.214. The Kier molecular flexibility index (Phi) is 7.22. The van der Waals surface area contributed by atoms with Crippen molar-refractivity contribution in [2.24, 2.45) is 0 Å². The molecule has 1 aromatic carbocycles. The van der Waals surface area contributed by atoms with Gasteiger partial charge in [-0.2, -0.15) is 0 Å². The molecule has 1 atom stereocenters. The summed E-state index contributed by atoms with van der Waals surface area (Å²) in [6, 6.07) is 8.26. The van der Waals surface area contributed by atoms with E-state index >= 15 is 0 Å². The number of nitrogens with one attached hydrogen (secondary N) is 2. The highest BCUT2D eigenvalue weighted by molar-refractivity contribution is 7.80. The predicted molar refractivity (Wildman–Crippen MR) is 81.8 cm³/mol. The molecule has 0 bridgehead atoms. The number of benzene rings is 1. The van der Waals surface area contributed by atoms with Crippen molar-refractivity contribution in [2.75, 3.05) is 27.4 Å². The topological polar surface area (TPSA) is 42.5 Å². The van der Waals surface area contributed by atoms with Crippen LogP contribution >= 0.6 is 12.2 Å². The van der Waals surface area contributed by atoms with Gasteiger partial charge in [-0.25, -0.2) is 0 Å². The van der Waals surface area contributed by atoms with E-state index in [9.17, 15) is 0 Å². The third-order valence-corrected chi connectivity index (χ3v) is 2.91. The van der Waals surface area contributed by atoms with Gasteiger partial charge in [-0.05, 0) is 43.3 Å². The third kappa shape index (κ3) is 6.40. The maximum absolute atomic E-state index is 5.20. The first-order valence-corrected chi connectivity index (χ1v) is 6.72. The second-order valence-corrected chi connectivity index (χ2v) is 4.76. The Hall–Kier alpha value is -1.33. The molecule has 0 saturated carbocycles. The molecule has 0 heterocycles. The van der Waals surface area contributed by atoms with E-state index in [0.717, 1.165) is 18.7 Å². The van der Waals surface area contributed by atoms with E-state index in [0.29, 0.717) is 11.7 Å². The normalized spacial score (nSPS) is 11.7. The summed E-state index contributed by atoms with van der Waals surface area (Å²) >= 11 is 5.20. The van der Waals surface area contributed by atoms with Gasteiger partial charge in [0.15, 0.2) is 5.11 Å². The molecule has 2 N–H and O–H groups in total. The van der Waals surface area contributed by atoms with Crippen LogP contribution in [0.15, 0.2) is 24.3 Å². The van der Waals surface area contributed by atoms with Crippen LogP contribution in [0, 0.1) is 0 Å². The Balaban J connectivity index is 2.23. The molecular formula is C14H22N2O2S. The smallest absolute Gasteiger partial charge is 0.166 e. The summed E-state index contributed by atoms with van der Waals surface area (Å²) in [5, 5.41) is 7.01. The average Bonchev–Trinajstić information content (AvgIpc) is 2.39. The fourth-order valence-electron chi connectivity index (χ4n) is 1.68. The van der Waals surface area contributed by atoms with Crippen molar-refractivity contribution >= 4 is 17.3 Å². The Morgan fingerprint density at radius 2 is 1.95 bits per heavy atom. The van der Waals surface area contributed by atoms with E-state index < -0.39 is 0 Å². The number of thiocarbonyl (C=S) groups is 1. The van der Waals surface area contributed by atoms with Crippen molar-refractivity contribution in [1.82, 2.24) is 10.6 Å². The number of methoxy groups -OCH3 is 2. The van der Waals surface area contributed by atoms with Crippen LogP contribution in [-0.2, 0) is 11.2 Å². The van der Waals surface area contributed by atoms with Crippen molar-refractivity contribution in [3.05, 3.63) is 29.8 Å². The van der Waals surface area contributed by atoms with E-state index in [1.54, 1.807) is 14.2 Å². The molecule has 0 fully saturated rings. The highest BCUT2D eigenvalue weighted by atomic mass is 32.1. The number of rotatable bonds is 7. The molecule has 0 amide bonds. The summed E-state index contributed by atoms with van der Waals surface area (Å²) < 4.78 is 10.2. The molecule has 1 rings (SSSR count). The third-order valence-electron chi connectivity index (χ3n) is 2.65. The van der Waals surface area contributed by atoms with Gasteiger partial charge in [0.05, 0.1) is 13.7 Å². The molecule has 1 unspecified atom stereocenters. The van der Waals surface area contributed by atoms with Gasteiger partial charge in [0.25, 0.3) is 0 Å². The minimum atomic E-state index is 0.214. The van der Waals surface area contributed by atoms with E-state index in [-0.39, 0.29) is 6.04 Å². The summed E-state index contributed by atoms with van der Waals surface area (Å²) in [6.45, 7) is 3.47. The van der Waals surface area contributed by atoms with Crippen LogP contribution in [0.5, 0.6) is 5.75 Å². The van der Waals surface area contributed by atoms with Crippen molar-refractivity contribution in [1.29, 1.82) is 0 Å². The summed E-state index contributed by atoms with van der Waals surface area (Å²) in [7, 11) is 3.35. The zero-order valence-electron chi connectivity index (χ0n) is 11.7. The van der Waals surface area contributed by atoms with Crippen molar-refractivity contribution in [3.63, 3.8) is 0 Å². The van der Waals surface area contributed by atoms with E-state index in [1.807, 2.05) is 19.1 Å². The lowest BCUT2D eigenvalue weighted by Crippen LogP contribution is -2.43. The summed E-state index contributed by atoms with van der Waals surface area (Å²) in [5.74, 6) is 0.877. The van der Waals surface area contributed by atoms with Gasteiger partial charge in [0, 0.05) is 19.7 Å². The van der Waals surface area contributed by atoms with Crippen LogP contribution in [0.25, 0.3) is 0 Å². The largest absolute Gasteiger partial charge is 0.497 e. The van der Waals surface area contributed by atoms with Crippen LogP contribution < -0.4 is 15.4 Å². The molecule has 0 radical (unpaired) electrons. The van der Waals surface area contributed by atoms with Crippen LogP contribution in [0.1, 0.15) is 12.5 Å². The minimum Gasteiger partial charge on any atom is -0.497 e. The highest BCUT2D eigenvalue weighted by Gasteiger charge is 2.02. The van der Waals surface area contributed by atoms with Gasteiger partial charge in [-0.15, -0.1) is 0 Å². The molecule has 19 heavy (non-hydrogen) atoms. The van der Waals surface area contributed by atoms with Gasteiger partial charge < -0.3 is 20.1 Å². The molecule has 0 aromatic heterocycles. The van der Waals surface area contributed by atoms with Crippen molar-refractivity contribution in [3.8, 4) is 5.75 Å². The zero-order valence-corrected chi connectivity index (χ0v) is 12.5. The number of ether oxygens (including phenoxy) is 2. The van der Waals surface area contributed by atoms with Crippen molar-refractivity contribution in [2.45, 2.75) is 19.4 Å². The maximum Gasteiger partial charge on any atom is 0.166 e. The van der Waals surface area contributed by atoms with E-state index in [4.69, 9.17) is 21.7 Å². The molecule has 0 aliphatic carbocycles. The molecule has 0 spiro atoms. The summed E-state index contributed by atoms with van der Waals surface area (Å²) in [4.78, 5) is 0. The maximum atomic E-state index is 5.20. The predicted octanol–water partition coefficient (Wildman–Crippen LogP) is 1.74. The standard InChI is InChI=1S/C14H22N2O2S/c1-11(10-17-2)16-14(19)15-9-8-12-4-6-13(18-3)7-5-12/h4-7,11H,8-10H2,1-3H3,(H2,15,16,19).